The van der Waals surface area contributed by atoms with E-state index < -0.39 is 5.97 Å². The predicted molar refractivity (Wildman–Crippen MR) is 71.0 cm³/mol. The molecule has 5 heteroatoms. The Morgan fingerprint density at radius 2 is 2.05 bits per heavy atom. The Balaban J connectivity index is 1.94. The lowest BCUT2D eigenvalue weighted by Crippen LogP contribution is -2.40. The Labute approximate surface area is 112 Å². The standard InChI is InChI=1S/C14H20N2O3/c1-2-11-5-8-15(9-6-11)13(17)10-16-7-3-4-12(16)14(18)19/h3-4,7,11H,2,5-6,8-10H2,1H3,(H,18,19). The molecular formula is C14H20N2O3. The number of rotatable bonds is 4. The summed E-state index contributed by atoms with van der Waals surface area (Å²) in [4.78, 5) is 25.0. The topological polar surface area (TPSA) is 62.5 Å². The zero-order valence-electron chi connectivity index (χ0n) is 11.2. The minimum absolute atomic E-state index is 0.00764. The highest BCUT2D eigenvalue weighted by molar-refractivity contribution is 5.86. The van der Waals surface area contributed by atoms with Crippen molar-refractivity contribution in [3.05, 3.63) is 24.0 Å². The summed E-state index contributed by atoms with van der Waals surface area (Å²) in [5.41, 5.74) is 0.164. The van der Waals surface area contributed by atoms with Crippen LogP contribution in [-0.4, -0.2) is 39.5 Å². The number of amides is 1. The summed E-state index contributed by atoms with van der Waals surface area (Å²) in [5.74, 6) is -0.263. The maximum Gasteiger partial charge on any atom is 0.352 e. The first kappa shape index (κ1) is 13.6. The van der Waals surface area contributed by atoms with Crippen LogP contribution >= 0.6 is 0 Å². The van der Waals surface area contributed by atoms with Crippen LogP contribution in [-0.2, 0) is 11.3 Å². The minimum Gasteiger partial charge on any atom is -0.477 e. The molecule has 5 nitrogen and oxygen atoms in total. The molecule has 1 aliphatic rings. The highest BCUT2D eigenvalue weighted by Gasteiger charge is 2.22. The van der Waals surface area contributed by atoms with Gasteiger partial charge in [0.05, 0.1) is 0 Å². The summed E-state index contributed by atoms with van der Waals surface area (Å²) in [6, 6.07) is 3.17. The first-order chi connectivity index (χ1) is 9.11. The number of carboxylic acids is 1. The van der Waals surface area contributed by atoms with Gasteiger partial charge in [-0.1, -0.05) is 13.3 Å². The molecule has 0 spiro atoms. The largest absolute Gasteiger partial charge is 0.477 e. The lowest BCUT2D eigenvalue weighted by Gasteiger charge is -2.31. The van der Waals surface area contributed by atoms with Crippen molar-refractivity contribution < 1.29 is 14.7 Å². The molecule has 1 aliphatic heterocycles. The van der Waals surface area contributed by atoms with Crippen LogP contribution in [0.15, 0.2) is 18.3 Å². The number of aromatic carboxylic acids is 1. The monoisotopic (exact) mass is 264 g/mol. The van der Waals surface area contributed by atoms with Crippen molar-refractivity contribution in [1.29, 1.82) is 0 Å². The average molecular weight is 264 g/mol. The molecule has 0 unspecified atom stereocenters. The summed E-state index contributed by atoms with van der Waals surface area (Å²) in [6.45, 7) is 3.88. The molecule has 2 rings (SSSR count). The maximum absolute atomic E-state index is 12.1. The van der Waals surface area contributed by atoms with E-state index in [1.165, 1.54) is 17.1 Å². The van der Waals surface area contributed by atoms with Gasteiger partial charge < -0.3 is 14.6 Å². The Morgan fingerprint density at radius 1 is 1.37 bits per heavy atom. The Hall–Kier alpha value is -1.78. The maximum atomic E-state index is 12.1. The molecule has 2 heterocycles. The highest BCUT2D eigenvalue weighted by atomic mass is 16.4. The minimum atomic E-state index is -0.998. The van der Waals surface area contributed by atoms with E-state index in [4.69, 9.17) is 5.11 Å². The second-order valence-electron chi connectivity index (χ2n) is 5.06. The van der Waals surface area contributed by atoms with E-state index in [1.54, 1.807) is 12.3 Å². The van der Waals surface area contributed by atoms with Crippen molar-refractivity contribution in [2.75, 3.05) is 13.1 Å². The molecule has 1 aromatic heterocycles. The Kier molecular flexibility index (Phi) is 4.24. The second kappa shape index (κ2) is 5.91. The lowest BCUT2D eigenvalue weighted by molar-refractivity contribution is -0.133. The normalized spacial score (nSPS) is 16.6. The van der Waals surface area contributed by atoms with Gasteiger partial charge in [-0.2, -0.15) is 0 Å². The van der Waals surface area contributed by atoms with Crippen molar-refractivity contribution >= 4 is 11.9 Å². The van der Waals surface area contributed by atoms with Crippen molar-refractivity contribution in [3.8, 4) is 0 Å². The third-order valence-electron chi connectivity index (χ3n) is 3.90. The van der Waals surface area contributed by atoms with Crippen LogP contribution in [0.1, 0.15) is 36.7 Å². The first-order valence-corrected chi connectivity index (χ1v) is 6.78. The van der Waals surface area contributed by atoms with Gasteiger partial charge in [-0.05, 0) is 30.9 Å². The summed E-state index contributed by atoms with van der Waals surface area (Å²) >= 11 is 0. The molecule has 0 bridgehead atoms. The number of piperidine rings is 1. The summed E-state index contributed by atoms with van der Waals surface area (Å²) in [6.07, 6.45) is 4.92. The Morgan fingerprint density at radius 3 is 2.63 bits per heavy atom. The number of carbonyl (C=O) groups is 2. The van der Waals surface area contributed by atoms with Crippen LogP contribution in [0.25, 0.3) is 0 Å². The molecular weight excluding hydrogens is 244 g/mol. The van der Waals surface area contributed by atoms with Crippen molar-refractivity contribution in [2.45, 2.75) is 32.7 Å². The smallest absolute Gasteiger partial charge is 0.352 e. The first-order valence-electron chi connectivity index (χ1n) is 6.78. The van der Waals surface area contributed by atoms with Crippen LogP contribution in [0.2, 0.25) is 0 Å². The van der Waals surface area contributed by atoms with Gasteiger partial charge in [-0.15, -0.1) is 0 Å². The molecule has 1 amide bonds. The van der Waals surface area contributed by atoms with Crippen molar-refractivity contribution in [3.63, 3.8) is 0 Å². The van der Waals surface area contributed by atoms with Crippen molar-refractivity contribution in [1.82, 2.24) is 9.47 Å². The fourth-order valence-electron chi connectivity index (χ4n) is 2.58. The fourth-order valence-corrected chi connectivity index (χ4v) is 2.58. The second-order valence-corrected chi connectivity index (χ2v) is 5.06. The van der Waals surface area contributed by atoms with E-state index in [0.717, 1.165) is 31.8 Å². The quantitative estimate of drug-likeness (QED) is 0.902. The summed E-state index contributed by atoms with van der Waals surface area (Å²) in [7, 11) is 0. The molecule has 104 valence electrons. The van der Waals surface area contributed by atoms with E-state index in [-0.39, 0.29) is 18.1 Å². The van der Waals surface area contributed by atoms with Gasteiger partial charge in [-0.25, -0.2) is 4.79 Å². The van der Waals surface area contributed by atoms with Gasteiger partial charge in [0, 0.05) is 19.3 Å². The van der Waals surface area contributed by atoms with Crippen LogP contribution in [0, 0.1) is 5.92 Å². The van der Waals surface area contributed by atoms with Gasteiger partial charge in [0.25, 0.3) is 0 Å². The number of hydrogen-bond acceptors (Lipinski definition) is 2. The fraction of sp³-hybridized carbons (Fsp3) is 0.571. The van der Waals surface area contributed by atoms with Gasteiger partial charge in [-0.3, -0.25) is 4.79 Å². The number of carboxylic acid groups (broad SMARTS) is 1. The highest BCUT2D eigenvalue weighted by Crippen LogP contribution is 2.20. The van der Waals surface area contributed by atoms with Gasteiger partial charge in [0.2, 0.25) is 5.91 Å². The zero-order chi connectivity index (χ0) is 13.8. The third-order valence-corrected chi connectivity index (χ3v) is 3.90. The molecule has 0 saturated carbocycles. The predicted octanol–water partition coefficient (Wildman–Crippen LogP) is 1.83. The van der Waals surface area contributed by atoms with E-state index in [0.29, 0.717) is 0 Å². The number of carbonyl (C=O) groups excluding carboxylic acids is 1. The SMILES string of the molecule is CCC1CCN(C(=O)Cn2cccc2C(=O)O)CC1. The Bertz CT molecular complexity index is 459. The third kappa shape index (κ3) is 3.16. The molecule has 0 aromatic carbocycles. The molecule has 0 atom stereocenters. The number of hydrogen-bond donors (Lipinski definition) is 1. The molecule has 1 fully saturated rings. The number of likely N-dealkylation sites (tertiary alicyclic amines) is 1. The van der Waals surface area contributed by atoms with Crippen LogP contribution in [0.3, 0.4) is 0 Å². The van der Waals surface area contributed by atoms with E-state index in [2.05, 4.69) is 6.92 Å². The van der Waals surface area contributed by atoms with E-state index in [1.807, 2.05) is 4.90 Å². The van der Waals surface area contributed by atoms with E-state index in [9.17, 15) is 9.59 Å². The number of aromatic nitrogens is 1. The molecule has 0 aliphatic carbocycles. The zero-order valence-corrected chi connectivity index (χ0v) is 11.2. The molecule has 1 aromatic rings. The van der Waals surface area contributed by atoms with Gasteiger partial charge >= 0.3 is 5.97 Å². The summed E-state index contributed by atoms with van der Waals surface area (Å²) in [5, 5.41) is 9.00. The summed E-state index contributed by atoms with van der Waals surface area (Å²) < 4.78 is 1.50. The molecule has 1 saturated heterocycles. The van der Waals surface area contributed by atoms with Crippen LogP contribution < -0.4 is 0 Å². The van der Waals surface area contributed by atoms with Gasteiger partial charge in [0.15, 0.2) is 0 Å². The van der Waals surface area contributed by atoms with Gasteiger partial charge in [0.1, 0.15) is 12.2 Å². The molecule has 1 N–H and O–H groups in total. The average Bonchev–Trinajstić information content (AvgIpc) is 2.87. The van der Waals surface area contributed by atoms with Crippen LogP contribution in [0.4, 0.5) is 0 Å². The molecule has 0 radical (unpaired) electrons. The van der Waals surface area contributed by atoms with Crippen LogP contribution in [0.5, 0.6) is 0 Å². The number of nitrogens with zero attached hydrogens (tertiary/aromatic N) is 2. The van der Waals surface area contributed by atoms with Crippen molar-refractivity contribution in [2.24, 2.45) is 5.92 Å². The lowest BCUT2D eigenvalue weighted by atomic mass is 9.94. The molecule has 19 heavy (non-hydrogen) atoms. The van der Waals surface area contributed by atoms with E-state index >= 15 is 0 Å².